The van der Waals surface area contributed by atoms with E-state index in [1.54, 1.807) is 23.1 Å². The molecule has 4 rings (SSSR count). The van der Waals surface area contributed by atoms with Gasteiger partial charge in [0.15, 0.2) is 0 Å². The van der Waals surface area contributed by atoms with Crippen molar-refractivity contribution < 1.29 is 0 Å². The van der Waals surface area contributed by atoms with Crippen molar-refractivity contribution >= 4 is 0 Å². The predicted molar refractivity (Wildman–Crippen MR) is 126 cm³/mol. The van der Waals surface area contributed by atoms with Crippen LogP contribution >= 0.6 is 0 Å². The minimum absolute atomic E-state index is 0.885. The number of allylic oxidation sites excluding steroid dienone is 2. The second-order valence-corrected chi connectivity index (χ2v) is 10.6. The van der Waals surface area contributed by atoms with Crippen LogP contribution in [0.25, 0.3) is 0 Å². The Balaban J connectivity index is 1.30. The van der Waals surface area contributed by atoms with Gasteiger partial charge in [-0.3, -0.25) is 0 Å². The standard InChI is InChI=1S/C29H44/c1-3-5-6-7-9-23-11-13-27-21-29(17-15-25(27)19-23)28-16-14-24-18-22(8-4-2)10-12-26(24)20-28/h4,8,11,13,19,22,24,26,28-29H,3,5-7,9-10,12,14-18,20-21H2,1-2H3. The first kappa shape index (κ1) is 21.2. The topological polar surface area (TPSA) is 0 Å². The lowest BCUT2D eigenvalue weighted by Crippen LogP contribution is -2.34. The summed E-state index contributed by atoms with van der Waals surface area (Å²) in [7, 11) is 0. The Morgan fingerprint density at radius 3 is 2.45 bits per heavy atom. The van der Waals surface area contributed by atoms with Gasteiger partial charge in [0.25, 0.3) is 0 Å². The van der Waals surface area contributed by atoms with E-state index >= 15 is 0 Å². The third-order valence-electron chi connectivity index (χ3n) is 8.68. The lowest BCUT2D eigenvalue weighted by molar-refractivity contribution is 0.0810. The zero-order chi connectivity index (χ0) is 20.1. The van der Waals surface area contributed by atoms with E-state index in [0.29, 0.717) is 0 Å². The molecule has 5 unspecified atom stereocenters. The molecule has 1 aromatic rings. The molecule has 29 heavy (non-hydrogen) atoms. The van der Waals surface area contributed by atoms with E-state index in [9.17, 15) is 0 Å². The number of benzene rings is 1. The van der Waals surface area contributed by atoms with Crippen LogP contribution in [-0.2, 0) is 19.3 Å². The highest BCUT2D eigenvalue weighted by Crippen LogP contribution is 2.48. The Labute approximate surface area is 180 Å². The first-order valence-corrected chi connectivity index (χ1v) is 13.0. The Hall–Kier alpha value is -1.04. The lowest BCUT2D eigenvalue weighted by atomic mass is 9.61. The molecule has 0 N–H and O–H groups in total. The number of unbranched alkanes of at least 4 members (excludes halogenated alkanes) is 3. The monoisotopic (exact) mass is 392 g/mol. The molecule has 0 amide bonds. The summed E-state index contributed by atoms with van der Waals surface area (Å²) in [6, 6.07) is 7.52. The summed E-state index contributed by atoms with van der Waals surface area (Å²) in [5.74, 6) is 4.94. The van der Waals surface area contributed by atoms with Crippen LogP contribution in [0.4, 0.5) is 0 Å². The molecule has 0 heteroatoms. The van der Waals surface area contributed by atoms with Crippen LogP contribution in [0.15, 0.2) is 30.4 Å². The summed E-state index contributed by atoms with van der Waals surface area (Å²) < 4.78 is 0. The molecule has 3 aliphatic rings. The number of hydrogen-bond acceptors (Lipinski definition) is 0. The van der Waals surface area contributed by atoms with Gasteiger partial charge < -0.3 is 0 Å². The van der Waals surface area contributed by atoms with Gasteiger partial charge in [-0.15, -0.1) is 0 Å². The maximum absolute atomic E-state index is 2.57. The van der Waals surface area contributed by atoms with Crippen LogP contribution in [0.3, 0.4) is 0 Å². The maximum atomic E-state index is 2.57. The molecule has 2 fully saturated rings. The molecule has 1 aromatic carbocycles. The molecule has 0 nitrogen and oxygen atoms in total. The number of hydrogen-bond donors (Lipinski definition) is 0. The van der Waals surface area contributed by atoms with Crippen molar-refractivity contribution in [2.24, 2.45) is 29.6 Å². The Bertz CT molecular complexity index is 669. The molecule has 2 saturated carbocycles. The average Bonchev–Trinajstić information content (AvgIpc) is 2.76. The molecule has 160 valence electrons. The second kappa shape index (κ2) is 10.3. The molecular weight excluding hydrogens is 348 g/mol. The van der Waals surface area contributed by atoms with Crippen LogP contribution in [0, 0.1) is 29.6 Å². The van der Waals surface area contributed by atoms with Crippen molar-refractivity contribution in [1.82, 2.24) is 0 Å². The van der Waals surface area contributed by atoms with Crippen LogP contribution in [0.5, 0.6) is 0 Å². The summed E-state index contributed by atoms with van der Waals surface area (Å²) in [5, 5.41) is 0. The van der Waals surface area contributed by atoms with Crippen LogP contribution in [-0.4, -0.2) is 0 Å². The molecule has 0 radical (unpaired) electrons. The summed E-state index contributed by atoms with van der Waals surface area (Å²) in [5.41, 5.74) is 4.98. The first-order valence-electron chi connectivity index (χ1n) is 13.0. The van der Waals surface area contributed by atoms with Gasteiger partial charge in [0.1, 0.15) is 0 Å². The highest BCUT2D eigenvalue weighted by atomic mass is 14.4. The molecule has 5 atom stereocenters. The van der Waals surface area contributed by atoms with Crippen molar-refractivity contribution in [3.63, 3.8) is 0 Å². The zero-order valence-electron chi connectivity index (χ0n) is 19.2. The van der Waals surface area contributed by atoms with Crippen LogP contribution < -0.4 is 0 Å². The smallest absolute Gasteiger partial charge is 0.0231 e. The molecular formula is C29H44. The SMILES string of the molecule is CC=CC1CCC2CC(C3CCc4cc(CCCCCC)ccc4C3)CCC2C1. The third-order valence-corrected chi connectivity index (χ3v) is 8.68. The molecule has 3 aliphatic carbocycles. The van der Waals surface area contributed by atoms with Gasteiger partial charge in [0, 0.05) is 0 Å². The van der Waals surface area contributed by atoms with Gasteiger partial charge >= 0.3 is 0 Å². The molecule has 0 aliphatic heterocycles. The van der Waals surface area contributed by atoms with E-state index < -0.39 is 0 Å². The zero-order valence-corrected chi connectivity index (χ0v) is 19.2. The average molecular weight is 393 g/mol. The molecule has 0 spiro atoms. The van der Waals surface area contributed by atoms with Gasteiger partial charge in [0.05, 0.1) is 0 Å². The van der Waals surface area contributed by atoms with E-state index in [4.69, 9.17) is 0 Å². The first-order chi connectivity index (χ1) is 14.3. The van der Waals surface area contributed by atoms with Gasteiger partial charge in [-0.2, -0.15) is 0 Å². The maximum Gasteiger partial charge on any atom is -0.0231 e. The van der Waals surface area contributed by atoms with Crippen LogP contribution in [0.2, 0.25) is 0 Å². The fourth-order valence-corrected chi connectivity index (χ4v) is 6.99. The summed E-state index contributed by atoms with van der Waals surface area (Å²) in [4.78, 5) is 0. The predicted octanol–water partition coefficient (Wildman–Crippen LogP) is 8.32. The van der Waals surface area contributed by atoms with Crippen molar-refractivity contribution in [3.05, 3.63) is 47.0 Å². The Kier molecular flexibility index (Phi) is 7.54. The van der Waals surface area contributed by atoms with Crippen LogP contribution in [0.1, 0.15) is 101 Å². The number of rotatable bonds is 7. The van der Waals surface area contributed by atoms with E-state index in [0.717, 1.165) is 29.6 Å². The van der Waals surface area contributed by atoms with Gasteiger partial charge in [-0.25, -0.2) is 0 Å². The number of fused-ring (bicyclic) bond motifs is 2. The molecule has 0 saturated heterocycles. The third kappa shape index (κ3) is 5.36. The van der Waals surface area contributed by atoms with E-state index in [2.05, 4.69) is 44.2 Å². The largest absolute Gasteiger partial charge is 0.0914 e. The number of aryl methyl sites for hydroxylation is 2. The van der Waals surface area contributed by atoms with Gasteiger partial charge in [-0.05, 0) is 124 Å². The van der Waals surface area contributed by atoms with Crippen molar-refractivity contribution in [2.75, 3.05) is 0 Å². The van der Waals surface area contributed by atoms with Crippen molar-refractivity contribution in [3.8, 4) is 0 Å². The van der Waals surface area contributed by atoms with Gasteiger partial charge in [0.2, 0.25) is 0 Å². The molecule has 0 heterocycles. The highest BCUT2D eigenvalue weighted by molar-refractivity contribution is 5.34. The summed E-state index contributed by atoms with van der Waals surface area (Å²) in [6.45, 7) is 4.50. The molecule has 0 aromatic heterocycles. The Morgan fingerprint density at radius 2 is 1.62 bits per heavy atom. The minimum atomic E-state index is 0.885. The highest BCUT2D eigenvalue weighted by Gasteiger charge is 2.38. The summed E-state index contributed by atoms with van der Waals surface area (Å²) in [6.07, 6.45) is 24.7. The van der Waals surface area contributed by atoms with Crippen molar-refractivity contribution in [2.45, 2.75) is 104 Å². The second-order valence-electron chi connectivity index (χ2n) is 10.6. The van der Waals surface area contributed by atoms with E-state index in [1.807, 2.05) is 0 Å². The van der Waals surface area contributed by atoms with E-state index in [1.165, 1.54) is 83.5 Å². The van der Waals surface area contributed by atoms with Gasteiger partial charge in [-0.1, -0.05) is 56.5 Å². The fourth-order valence-electron chi connectivity index (χ4n) is 6.99. The van der Waals surface area contributed by atoms with E-state index in [-0.39, 0.29) is 0 Å². The molecule has 0 bridgehead atoms. The fraction of sp³-hybridized carbons (Fsp3) is 0.724. The Morgan fingerprint density at radius 1 is 0.828 bits per heavy atom. The minimum Gasteiger partial charge on any atom is -0.0914 e. The normalized spacial score (nSPS) is 32.1. The van der Waals surface area contributed by atoms with Crippen molar-refractivity contribution in [1.29, 1.82) is 0 Å². The quantitative estimate of drug-likeness (QED) is 0.323. The lowest BCUT2D eigenvalue weighted by Gasteiger charge is -2.44. The summed E-state index contributed by atoms with van der Waals surface area (Å²) >= 11 is 0.